The highest BCUT2D eigenvalue weighted by molar-refractivity contribution is 7.21. The van der Waals surface area contributed by atoms with Crippen molar-refractivity contribution in [3.05, 3.63) is 23.7 Å². The zero-order valence-electron chi connectivity index (χ0n) is 20.0. The van der Waals surface area contributed by atoms with E-state index in [0.717, 1.165) is 45.0 Å². The fourth-order valence-corrected chi connectivity index (χ4v) is 5.52. The number of fused-ring (bicyclic) bond motifs is 1. The molecule has 3 aromatic rings. The van der Waals surface area contributed by atoms with Gasteiger partial charge in [0, 0.05) is 24.9 Å². The summed E-state index contributed by atoms with van der Waals surface area (Å²) in [6.07, 6.45) is 3.85. The Balaban J connectivity index is 1.69. The van der Waals surface area contributed by atoms with Crippen molar-refractivity contribution in [1.82, 2.24) is 19.9 Å². The quantitative estimate of drug-likeness (QED) is 0.369. The topological polar surface area (TPSA) is 122 Å². The van der Waals surface area contributed by atoms with Crippen molar-refractivity contribution in [2.45, 2.75) is 65.1 Å². The van der Waals surface area contributed by atoms with E-state index in [1.807, 2.05) is 33.8 Å². The number of aryl methyl sites for hydroxylation is 2. The first-order valence-corrected chi connectivity index (χ1v) is 12.6. The first-order chi connectivity index (χ1) is 16.4. The number of aromatic nitrogens is 4. The Labute approximate surface area is 203 Å². The Morgan fingerprint density at radius 3 is 2.82 bits per heavy atom. The summed E-state index contributed by atoms with van der Waals surface area (Å²) in [7, 11) is 0. The van der Waals surface area contributed by atoms with Crippen LogP contribution in [-0.4, -0.2) is 62.7 Å². The third-order valence-electron chi connectivity index (χ3n) is 6.18. The number of carbonyl (C=O) groups excluding carboxylic acids is 1. The van der Waals surface area contributed by atoms with Crippen molar-refractivity contribution in [2.24, 2.45) is 5.92 Å². The number of nitrogens with one attached hydrogen (secondary N) is 2. The highest BCUT2D eigenvalue weighted by Crippen LogP contribution is 2.38. The summed E-state index contributed by atoms with van der Waals surface area (Å²) in [6, 6.07) is 2.12. The number of ether oxygens (including phenoxy) is 1. The van der Waals surface area contributed by atoms with Crippen LogP contribution >= 0.6 is 11.3 Å². The average molecular weight is 485 g/mol. The fraction of sp³-hybridized carbons (Fsp3) is 0.542. The lowest BCUT2D eigenvalue weighted by atomic mass is 10.0. The minimum atomic E-state index is -0.921. The summed E-state index contributed by atoms with van der Waals surface area (Å²) < 4.78 is 6.58. The molecule has 3 N–H and O–H groups in total. The van der Waals surface area contributed by atoms with Crippen molar-refractivity contribution < 1.29 is 14.6 Å². The van der Waals surface area contributed by atoms with Crippen LogP contribution in [0.2, 0.25) is 0 Å². The van der Waals surface area contributed by atoms with Crippen molar-refractivity contribution >= 4 is 39.6 Å². The van der Waals surface area contributed by atoms with Crippen LogP contribution in [0.1, 0.15) is 44.5 Å². The Kier molecular flexibility index (Phi) is 7.70. The average Bonchev–Trinajstić information content (AvgIpc) is 3.45. The number of aldehydes is 1. The maximum absolute atomic E-state index is 11.1. The first-order valence-electron chi connectivity index (χ1n) is 11.7. The van der Waals surface area contributed by atoms with Crippen molar-refractivity contribution in [3.8, 4) is 10.6 Å². The number of hydrogen-bond donors (Lipinski definition) is 3. The molecule has 0 spiro atoms. The number of rotatable bonds is 10. The molecule has 3 aromatic heterocycles. The number of thiazole rings is 1. The number of anilines is 2. The van der Waals surface area contributed by atoms with Crippen LogP contribution in [0.15, 0.2) is 12.3 Å². The molecule has 0 saturated heterocycles. The molecule has 0 bridgehead atoms. The molecule has 10 heteroatoms. The second-order valence-corrected chi connectivity index (χ2v) is 9.89. The lowest BCUT2D eigenvalue weighted by Crippen LogP contribution is -2.25. The van der Waals surface area contributed by atoms with E-state index in [1.165, 1.54) is 0 Å². The highest BCUT2D eigenvalue weighted by Gasteiger charge is 2.31. The van der Waals surface area contributed by atoms with Crippen molar-refractivity contribution in [1.29, 1.82) is 0 Å². The normalized spacial score (nSPS) is 19.8. The number of pyridine rings is 1. The molecule has 0 amide bonds. The second-order valence-electron chi connectivity index (χ2n) is 8.86. The minimum absolute atomic E-state index is 0.0404. The Morgan fingerprint density at radius 2 is 2.09 bits per heavy atom. The van der Waals surface area contributed by atoms with Gasteiger partial charge in [-0.1, -0.05) is 0 Å². The van der Waals surface area contributed by atoms with Gasteiger partial charge in [-0.2, -0.15) is 4.98 Å². The molecule has 34 heavy (non-hydrogen) atoms. The van der Waals surface area contributed by atoms with E-state index in [-0.39, 0.29) is 18.0 Å². The molecule has 0 radical (unpaired) electrons. The lowest BCUT2D eigenvalue weighted by Gasteiger charge is -2.20. The molecule has 1 saturated carbocycles. The predicted octanol–water partition coefficient (Wildman–Crippen LogP) is 3.74. The van der Waals surface area contributed by atoms with E-state index in [1.54, 1.807) is 17.5 Å². The van der Waals surface area contributed by atoms with Crippen molar-refractivity contribution in [3.63, 3.8) is 0 Å². The van der Waals surface area contributed by atoms with E-state index in [0.29, 0.717) is 37.7 Å². The highest BCUT2D eigenvalue weighted by atomic mass is 32.1. The molecule has 9 nitrogen and oxygen atoms in total. The van der Waals surface area contributed by atoms with E-state index in [4.69, 9.17) is 19.7 Å². The number of nitrogens with zero attached hydrogens (tertiary/aromatic N) is 4. The van der Waals surface area contributed by atoms with E-state index >= 15 is 0 Å². The molecular formula is C24H32N6O3S. The van der Waals surface area contributed by atoms with Crippen LogP contribution in [-0.2, 0) is 9.53 Å². The Morgan fingerprint density at radius 1 is 1.26 bits per heavy atom. The van der Waals surface area contributed by atoms with E-state index in [2.05, 4.69) is 15.6 Å². The predicted molar refractivity (Wildman–Crippen MR) is 134 cm³/mol. The van der Waals surface area contributed by atoms with Crippen LogP contribution in [0.25, 0.3) is 20.8 Å². The SMILES string of the molecule is CCOC[C@@H](C)Nc1nc(C)c(-c2nc3c(C)nccc3s2)c(NC2CCC(C(O)C=O)C2)n1. The van der Waals surface area contributed by atoms with Gasteiger partial charge in [-0.3, -0.25) is 4.98 Å². The van der Waals surface area contributed by atoms with Gasteiger partial charge >= 0.3 is 0 Å². The van der Waals surface area contributed by atoms with Gasteiger partial charge in [0.05, 0.1) is 28.3 Å². The van der Waals surface area contributed by atoms with Gasteiger partial charge in [0.2, 0.25) is 5.95 Å². The molecule has 182 valence electrons. The third-order valence-corrected chi connectivity index (χ3v) is 7.22. The summed E-state index contributed by atoms with van der Waals surface area (Å²) in [5.41, 5.74) is 3.45. The molecule has 3 unspecified atom stereocenters. The van der Waals surface area contributed by atoms with Gasteiger partial charge in [0.1, 0.15) is 28.7 Å². The van der Waals surface area contributed by atoms with E-state index < -0.39 is 6.10 Å². The van der Waals surface area contributed by atoms with Crippen LogP contribution in [0.3, 0.4) is 0 Å². The minimum Gasteiger partial charge on any atom is -0.385 e. The van der Waals surface area contributed by atoms with Gasteiger partial charge in [-0.15, -0.1) is 11.3 Å². The largest absolute Gasteiger partial charge is 0.385 e. The van der Waals surface area contributed by atoms with Gasteiger partial charge in [-0.05, 0) is 58.9 Å². The molecule has 1 aliphatic rings. The molecule has 0 aromatic carbocycles. The van der Waals surface area contributed by atoms with Crippen LogP contribution < -0.4 is 10.6 Å². The van der Waals surface area contributed by atoms with Gasteiger partial charge < -0.3 is 25.3 Å². The summed E-state index contributed by atoms with van der Waals surface area (Å²) in [5.74, 6) is 1.19. The fourth-order valence-electron chi connectivity index (χ4n) is 4.41. The summed E-state index contributed by atoms with van der Waals surface area (Å²) in [6.45, 7) is 9.13. The molecule has 4 atom stereocenters. The monoisotopic (exact) mass is 484 g/mol. The molecule has 3 heterocycles. The number of aliphatic hydroxyl groups excluding tert-OH is 1. The van der Waals surface area contributed by atoms with Gasteiger partial charge in [0.25, 0.3) is 0 Å². The second kappa shape index (κ2) is 10.7. The smallest absolute Gasteiger partial charge is 0.225 e. The zero-order valence-corrected chi connectivity index (χ0v) is 20.9. The lowest BCUT2D eigenvalue weighted by molar-refractivity contribution is -0.117. The molecule has 0 aliphatic heterocycles. The molecule has 4 rings (SSSR count). The number of aliphatic hydroxyl groups is 1. The number of carbonyl (C=O) groups is 1. The standard InChI is InChI=1S/C24H32N6O3S/c1-5-33-12-13(2)26-24-27-14(3)20(23-29-21-15(4)25-9-8-19(21)34-23)22(30-24)28-17-7-6-16(10-17)18(32)11-31/h8-9,11,13,16-18,32H,5-7,10,12H2,1-4H3,(H2,26,27,28,30)/t13-,16?,17?,18?/m1/s1. The van der Waals surface area contributed by atoms with Crippen LogP contribution in [0, 0.1) is 19.8 Å². The maximum atomic E-state index is 11.1. The van der Waals surface area contributed by atoms with E-state index in [9.17, 15) is 9.90 Å². The number of hydrogen-bond acceptors (Lipinski definition) is 10. The molecule has 1 fully saturated rings. The van der Waals surface area contributed by atoms with Gasteiger partial charge in [0.15, 0.2) is 0 Å². The van der Waals surface area contributed by atoms with Crippen molar-refractivity contribution in [2.75, 3.05) is 23.8 Å². The van der Waals surface area contributed by atoms with Crippen LogP contribution in [0.5, 0.6) is 0 Å². The summed E-state index contributed by atoms with van der Waals surface area (Å²) in [5, 5.41) is 17.7. The summed E-state index contributed by atoms with van der Waals surface area (Å²) in [4.78, 5) is 29.9. The Bertz CT molecular complexity index is 1150. The third kappa shape index (κ3) is 5.34. The molecular weight excluding hydrogens is 452 g/mol. The zero-order chi connectivity index (χ0) is 24.2. The summed E-state index contributed by atoms with van der Waals surface area (Å²) >= 11 is 1.59. The van der Waals surface area contributed by atoms with Gasteiger partial charge in [-0.25, -0.2) is 9.97 Å². The first kappa shape index (κ1) is 24.4. The van der Waals surface area contributed by atoms with Crippen LogP contribution in [0.4, 0.5) is 11.8 Å². The Hall–Kier alpha value is -2.69. The molecule has 1 aliphatic carbocycles. The maximum Gasteiger partial charge on any atom is 0.225 e.